The van der Waals surface area contributed by atoms with Gasteiger partial charge in [0.05, 0.1) is 6.54 Å². The highest BCUT2D eigenvalue weighted by Gasteiger charge is 2.48. The minimum atomic E-state index is -2.53. The van der Waals surface area contributed by atoms with Gasteiger partial charge in [-0.15, -0.1) is 0 Å². The van der Waals surface area contributed by atoms with E-state index in [9.17, 15) is 4.79 Å². The quantitative estimate of drug-likeness (QED) is 0.279. The minimum Gasteiger partial charge on any atom is -0.517 e. The first-order chi connectivity index (χ1) is 13.1. The van der Waals surface area contributed by atoms with E-state index in [4.69, 9.17) is 17.7 Å². The molecule has 0 saturated carbocycles. The van der Waals surface area contributed by atoms with Crippen LogP contribution >= 0.6 is 0 Å². The first-order valence-corrected chi connectivity index (χ1v) is 14.9. The van der Waals surface area contributed by atoms with Crippen molar-refractivity contribution in [1.29, 1.82) is 0 Å². The van der Waals surface area contributed by atoms with Crippen LogP contribution < -0.4 is 5.32 Å². The van der Waals surface area contributed by atoms with Gasteiger partial charge in [-0.2, -0.15) is 0 Å². The van der Waals surface area contributed by atoms with E-state index in [2.05, 4.69) is 53.8 Å². The standard InChI is InChI=1S/C20H45NO5Si2/c1-10-14-25-27(23-8,24-9)15-12-11-13-21-16-20(22)26-28(17(2)3,18(4)5)19(6)7/h17-19,21H,10-16H2,1-9H3. The second-order valence-corrected chi connectivity index (χ2v) is 16.7. The van der Waals surface area contributed by atoms with Crippen molar-refractivity contribution in [2.45, 2.75) is 90.4 Å². The molecule has 0 aromatic rings. The van der Waals surface area contributed by atoms with Crippen LogP contribution in [0.4, 0.5) is 0 Å². The fourth-order valence-electron chi connectivity index (χ4n) is 4.10. The van der Waals surface area contributed by atoms with Crippen molar-refractivity contribution in [3.8, 4) is 0 Å². The molecular weight excluding hydrogens is 390 g/mol. The molecule has 0 amide bonds. The van der Waals surface area contributed by atoms with Gasteiger partial charge in [-0.05, 0) is 42.4 Å². The summed E-state index contributed by atoms with van der Waals surface area (Å²) < 4.78 is 23.1. The Morgan fingerprint density at radius 2 is 1.46 bits per heavy atom. The summed E-state index contributed by atoms with van der Waals surface area (Å²) in [6.07, 6.45) is 2.81. The van der Waals surface area contributed by atoms with Gasteiger partial charge in [0.2, 0.25) is 0 Å². The molecule has 0 radical (unpaired) electrons. The Labute approximate surface area is 175 Å². The number of carbonyl (C=O) groups excluding carboxylic acids is 1. The van der Waals surface area contributed by atoms with Crippen molar-refractivity contribution < 1.29 is 22.5 Å². The number of nitrogens with one attached hydrogen (secondary N) is 1. The molecule has 0 fully saturated rings. The van der Waals surface area contributed by atoms with Crippen molar-refractivity contribution in [1.82, 2.24) is 5.32 Å². The molecule has 0 rings (SSSR count). The third-order valence-corrected chi connectivity index (χ3v) is 14.4. The Hall–Kier alpha value is -0.256. The SMILES string of the molecule is CCCO[Si](CCCCNCC(=O)O[Si](C(C)C)(C(C)C)C(C)C)(OC)OC. The zero-order chi connectivity index (χ0) is 21.8. The maximum absolute atomic E-state index is 12.5. The number of carbonyl (C=O) groups is 1. The van der Waals surface area contributed by atoms with Crippen LogP contribution in [0, 0.1) is 0 Å². The van der Waals surface area contributed by atoms with Crippen LogP contribution in [0.5, 0.6) is 0 Å². The zero-order valence-corrected chi connectivity index (χ0v) is 21.7. The molecule has 0 atom stereocenters. The average molecular weight is 436 g/mol. The predicted molar refractivity (Wildman–Crippen MR) is 120 cm³/mol. The van der Waals surface area contributed by atoms with E-state index in [1.54, 1.807) is 14.2 Å². The van der Waals surface area contributed by atoms with Gasteiger partial charge in [0.15, 0.2) is 0 Å². The lowest BCUT2D eigenvalue weighted by Crippen LogP contribution is -2.50. The third-order valence-electron chi connectivity index (χ3n) is 5.50. The van der Waals surface area contributed by atoms with Gasteiger partial charge in [0.25, 0.3) is 8.32 Å². The Morgan fingerprint density at radius 3 is 1.89 bits per heavy atom. The monoisotopic (exact) mass is 435 g/mol. The van der Waals surface area contributed by atoms with Gasteiger partial charge in [0, 0.05) is 26.9 Å². The maximum Gasteiger partial charge on any atom is 0.500 e. The topological polar surface area (TPSA) is 66.0 Å². The number of unbranched alkanes of at least 4 members (excludes halogenated alkanes) is 1. The van der Waals surface area contributed by atoms with Crippen molar-refractivity contribution in [3.63, 3.8) is 0 Å². The zero-order valence-electron chi connectivity index (χ0n) is 19.7. The van der Waals surface area contributed by atoms with Crippen molar-refractivity contribution >= 4 is 23.1 Å². The van der Waals surface area contributed by atoms with Crippen LogP contribution in [0.1, 0.15) is 67.7 Å². The summed E-state index contributed by atoms with van der Waals surface area (Å²) >= 11 is 0. The maximum atomic E-state index is 12.5. The molecule has 0 aliphatic heterocycles. The molecule has 28 heavy (non-hydrogen) atoms. The molecular formula is C20H45NO5Si2. The molecule has 8 heteroatoms. The molecule has 0 aromatic carbocycles. The number of hydrogen-bond acceptors (Lipinski definition) is 6. The van der Waals surface area contributed by atoms with Crippen LogP contribution in [-0.4, -0.2) is 57.0 Å². The van der Waals surface area contributed by atoms with Crippen molar-refractivity contribution in [3.05, 3.63) is 0 Å². The van der Waals surface area contributed by atoms with Crippen LogP contribution in [0.25, 0.3) is 0 Å². The number of hydrogen-bond donors (Lipinski definition) is 1. The van der Waals surface area contributed by atoms with Gasteiger partial charge in [-0.3, -0.25) is 4.79 Å². The average Bonchev–Trinajstić information content (AvgIpc) is 2.64. The first-order valence-electron chi connectivity index (χ1n) is 10.8. The van der Waals surface area contributed by atoms with E-state index < -0.39 is 17.1 Å². The van der Waals surface area contributed by atoms with E-state index in [0.717, 1.165) is 31.9 Å². The van der Waals surface area contributed by atoms with Crippen LogP contribution in [-0.2, 0) is 22.5 Å². The second kappa shape index (κ2) is 13.9. The molecule has 0 aromatic heterocycles. The van der Waals surface area contributed by atoms with E-state index in [1.165, 1.54) is 0 Å². The second-order valence-electron chi connectivity index (χ2n) is 8.37. The Kier molecular flexibility index (Phi) is 13.7. The van der Waals surface area contributed by atoms with Crippen LogP contribution in [0.15, 0.2) is 0 Å². The molecule has 6 nitrogen and oxygen atoms in total. The molecule has 0 unspecified atom stereocenters. The highest BCUT2D eigenvalue weighted by atomic mass is 28.4. The van der Waals surface area contributed by atoms with E-state index >= 15 is 0 Å². The Morgan fingerprint density at radius 1 is 0.929 bits per heavy atom. The highest BCUT2D eigenvalue weighted by Crippen LogP contribution is 2.42. The Bertz CT molecular complexity index is 407. The number of rotatable bonds is 16. The Balaban J connectivity index is 4.38. The minimum absolute atomic E-state index is 0.119. The van der Waals surface area contributed by atoms with E-state index in [0.29, 0.717) is 23.2 Å². The molecule has 168 valence electrons. The normalized spacial score (nSPS) is 13.0. The summed E-state index contributed by atoms with van der Waals surface area (Å²) in [6, 6.07) is 0.788. The van der Waals surface area contributed by atoms with Gasteiger partial charge >= 0.3 is 14.8 Å². The van der Waals surface area contributed by atoms with Gasteiger partial charge in [-0.1, -0.05) is 48.5 Å². The molecule has 0 saturated heterocycles. The fraction of sp³-hybridized carbons (Fsp3) is 0.950. The lowest BCUT2D eigenvalue weighted by molar-refractivity contribution is -0.134. The lowest BCUT2D eigenvalue weighted by Gasteiger charge is -2.41. The summed E-state index contributed by atoms with van der Waals surface area (Å²) in [5.41, 5.74) is 1.21. The third kappa shape index (κ3) is 8.24. The molecule has 0 heterocycles. The molecule has 0 aliphatic rings. The van der Waals surface area contributed by atoms with E-state index in [-0.39, 0.29) is 12.5 Å². The van der Waals surface area contributed by atoms with Crippen molar-refractivity contribution in [2.75, 3.05) is 33.9 Å². The molecule has 0 bridgehead atoms. The smallest absolute Gasteiger partial charge is 0.500 e. The molecule has 1 N–H and O–H groups in total. The first kappa shape index (κ1) is 27.7. The summed E-state index contributed by atoms with van der Waals surface area (Å²) in [4.78, 5) is 12.5. The highest BCUT2D eigenvalue weighted by molar-refractivity contribution is 6.78. The van der Waals surface area contributed by atoms with Gasteiger partial charge in [0.1, 0.15) is 0 Å². The van der Waals surface area contributed by atoms with Crippen molar-refractivity contribution in [2.24, 2.45) is 0 Å². The lowest BCUT2D eigenvalue weighted by atomic mass is 10.3. The fourth-order valence-corrected chi connectivity index (χ4v) is 11.4. The summed E-state index contributed by atoms with van der Waals surface area (Å²) in [7, 11) is -1.36. The van der Waals surface area contributed by atoms with Crippen LogP contribution in [0.2, 0.25) is 22.7 Å². The van der Waals surface area contributed by atoms with Gasteiger partial charge < -0.3 is 23.0 Å². The molecule has 0 aliphatic carbocycles. The van der Waals surface area contributed by atoms with Crippen LogP contribution in [0.3, 0.4) is 0 Å². The summed E-state index contributed by atoms with van der Waals surface area (Å²) in [5, 5.41) is 3.23. The molecule has 0 spiro atoms. The predicted octanol–water partition coefficient (Wildman–Crippen LogP) is 4.73. The van der Waals surface area contributed by atoms with Gasteiger partial charge in [-0.25, -0.2) is 0 Å². The summed E-state index contributed by atoms with van der Waals surface area (Å²) in [6.45, 7) is 16.9. The largest absolute Gasteiger partial charge is 0.517 e. The summed E-state index contributed by atoms with van der Waals surface area (Å²) in [5.74, 6) is -0.119. The van der Waals surface area contributed by atoms with E-state index in [1.807, 2.05) is 0 Å².